The number of carbonyl (C=O) groups excluding carboxylic acids is 1. The smallest absolute Gasteiger partial charge is 0.288 e. The van der Waals surface area contributed by atoms with Gasteiger partial charge in [0.15, 0.2) is 0 Å². The Hall–Kier alpha value is -1.86. The van der Waals surface area contributed by atoms with E-state index in [1.54, 1.807) is 24.3 Å². The van der Waals surface area contributed by atoms with Gasteiger partial charge in [-0.05, 0) is 55.8 Å². The number of amides is 1. The van der Waals surface area contributed by atoms with Gasteiger partial charge in [-0.25, -0.2) is 0 Å². The summed E-state index contributed by atoms with van der Waals surface area (Å²) in [5.74, 6) is -2.53. The molecule has 1 fully saturated rings. The number of nitrogens with zero attached hydrogens (tertiary/aromatic N) is 2. The van der Waals surface area contributed by atoms with Gasteiger partial charge in [0.2, 0.25) is 5.91 Å². The van der Waals surface area contributed by atoms with Crippen LogP contribution in [-0.4, -0.2) is 34.2 Å². The van der Waals surface area contributed by atoms with E-state index in [1.165, 1.54) is 5.69 Å². The standard InChI is InChI=1S/C18H21F2N3OS/c1-22-10-2-4-15(22)16-5-3-11-23(16)12-17(24)21-13-6-8-14(9-7-13)25-18(19)20/h2,4,6-10,16,18H,3,5,11-12H2,1H3,(H,21,24)/t16-/m1/s1. The Labute approximate surface area is 150 Å². The molecule has 134 valence electrons. The van der Waals surface area contributed by atoms with Crippen LogP contribution in [0.4, 0.5) is 14.5 Å². The topological polar surface area (TPSA) is 37.3 Å². The van der Waals surface area contributed by atoms with Gasteiger partial charge in [-0.3, -0.25) is 9.69 Å². The van der Waals surface area contributed by atoms with Crippen LogP contribution in [0.15, 0.2) is 47.5 Å². The van der Waals surface area contributed by atoms with Crippen molar-refractivity contribution in [2.45, 2.75) is 29.5 Å². The van der Waals surface area contributed by atoms with Gasteiger partial charge in [-0.15, -0.1) is 0 Å². The molecule has 25 heavy (non-hydrogen) atoms. The van der Waals surface area contributed by atoms with E-state index >= 15 is 0 Å². The molecule has 0 spiro atoms. The zero-order valence-electron chi connectivity index (χ0n) is 14.0. The molecular weight excluding hydrogens is 344 g/mol. The number of anilines is 1. The number of alkyl halides is 2. The Bertz CT molecular complexity index is 717. The molecule has 0 radical (unpaired) electrons. The highest BCUT2D eigenvalue weighted by molar-refractivity contribution is 7.99. The minimum Gasteiger partial charge on any atom is -0.353 e. The number of hydrogen-bond acceptors (Lipinski definition) is 3. The molecule has 1 aromatic carbocycles. The first-order chi connectivity index (χ1) is 12.0. The molecule has 1 aliphatic heterocycles. The minimum absolute atomic E-state index is 0.0876. The maximum Gasteiger partial charge on any atom is 0.288 e. The van der Waals surface area contributed by atoms with E-state index in [9.17, 15) is 13.6 Å². The molecule has 0 aliphatic carbocycles. The zero-order valence-corrected chi connectivity index (χ0v) is 14.8. The summed E-state index contributed by atoms with van der Waals surface area (Å²) in [7, 11) is 2.02. The highest BCUT2D eigenvalue weighted by Gasteiger charge is 2.28. The van der Waals surface area contributed by atoms with Gasteiger partial charge in [0, 0.05) is 29.5 Å². The number of benzene rings is 1. The fourth-order valence-electron chi connectivity index (χ4n) is 3.28. The second-order valence-electron chi connectivity index (χ2n) is 6.12. The Balaban J connectivity index is 1.57. The molecule has 0 saturated carbocycles. The zero-order chi connectivity index (χ0) is 17.8. The summed E-state index contributed by atoms with van der Waals surface area (Å²) < 4.78 is 26.7. The van der Waals surface area contributed by atoms with Crippen LogP contribution in [0.5, 0.6) is 0 Å². The van der Waals surface area contributed by atoms with Gasteiger partial charge in [0.1, 0.15) is 0 Å². The summed E-state index contributed by atoms with van der Waals surface area (Å²) in [5.41, 5.74) is 1.84. The summed E-state index contributed by atoms with van der Waals surface area (Å²) in [6.07, 6.45) is 4.14. The van der Waals surface area contributed by atoms with E-state index in [2.05, 4.69) is 20.9 Å². The number of rotatable bonds is 6. The molecule has 1 saturated heterocycles. The second kappa shape index (κ2) is 8.01. The molecule has 2 heterocycles. The predicted octanol–water partition coefficient (Wildman–Crippen LogP) is 4.12. The van der Waals surface area contributed by atoms with Gasteiger partial charge in [-0.2, -0.15) is 8.78 Å². The molecule has 3 rings (SSSR count). The average molecular weight is 365 g/mol. The molecule has 4 nitrogen and oxygen atoms in total. The van der Waals surface area contributed by atoms with E-state index in [1.807, 2.05) is 19.3 Å². The highest BCUT2D eigenvalue weighted by Crippen LogP contribution is 2.31. The van der Waals surface area contributed by atoms with Gasteiger partial charge >= 0.3 is 0 Å². The molecule has 7 heteroatoms. The first kappa shape index (κ1) is 17.9. The third kappa shape index (κ3) is 4.61. The summed E-state index contributed by atoms with van der Waals surface area (Å²) in [6, 6.07) is 10.9. The molecule has 1 N–H and O–H groups in total. The van der Waals surface area contributed by atoms with Crippen molar-refractivity contribution < 1.29 is 13.6 Å². The minimum atomic E-state index is -2.44. The lowest BCUT2D eigenvalue weighted by molar-refractivity contribution is -0.117. The molecule has 1 aromatic heterocycles. The Morgan fingerprint density at radius 3 is 2.72 bits per heavy atom. The van der Waals surface area contributed by atoms with Crippen molar-refractivity contribution in [3.63, 3.8) is 0 Å². The Morgan fingerprint density at radius 2 is 2.08 bits per heavy atom. The van der Waals surface area contributed by atoms with Crippen molar-refractivity contribution in [2.75, 3.05) is 18.4 Å². The average Bonchev–Trinajstić information content (AvgIpc) is 3.17. The highest BCUT2D eigenvalue weighted by atomic mass is 32.2. The van der Waals surface area contributed by atoms with Gasteiger partial charge in [0.25, 0.3) is 5.76 Å². The Morgan fingerprint density at radius 1 is 1.32 bits per heavy atom. The van der Waals surface area contributed by atoms with E-state index in [4.69, 9.17) is 0 Å². The first-order valence-corrected chi connectivity index (χ1v) is 9.11. The molecular formula is C18H21F2N3OS. The van der Waals surface area contributed by atoms with Crippen molar-refractivity contribution in [1.82, 2.24) is 9.47 Å². The van der Waals surface area contributed by atoms with Crippen LogP contribution in [0.1, 0.15) is 24.6 Å². The number of aryl methyl sites for hydroxylation is 1. The first-order valence-electron chi connectivity index (χ1n) is 8.23. The predicted molar refractivity (Wildman–Crippen MR) is 95.9 cm³/mol. The molecule has 0 unspecified atom stereocenters. The van der Waals surface area contributed by atoms with E-state index in [-0.39, 0.29) is 11.9 Å². The van der Waals surface area contributed by atoms with E-state index < -0.39 is 5.76 Å². The lowest BCUT2D eigenvalue weighted by atomic mass is 10.1. The van der Waals surface area contributed by atoms with Crippen molar-refractivity contribution in [3.8, 4) is 0 Å². The van der Waals surface area contributed by atoms with Crippen LogP contribution in [-0.2, 0) is 11.8 Å². The largest absolute Gasteiger partial charge is 0.353 e. The van der Waals surface area contributed by atoms with Crippen molar-refractivity contribution in [3.05, 3.63) is 48.3 Å². The number of halogens is 2. The maximum atomic E-state index is 12.3. The van der Waals surface area contributed by atoms with E-state index in [0.717, 1.165) is 19.4 Å². The SMILES string of the molecule is Cn1cccc1[C@H]1CCCN1CC(=O)Nc1ccc(SC(F)F)cc1. The monoisotopic (exact) mass is 365 g/mol. The number of nitrogens with one attached hydrogen (secondary N) is 1. The Kier molecular flexibility index (Phi) is 5.75. The number of likely N-dealkylation sites (tertiary alicyclic amines) is 1. The molecule has 1 atom stereocenters. The molecule has 0 bridgehead atoms. The summed E-state index contributed by atoms with van der Waals surface area (Å²) in [4.78, 5) is 15.0. The number of hydrogen-bond donors (Lipinski definition) is 1. The van der Waals surface area contributed by atoms with Crippen molar-refractivity contribution >= 4 is 23.4 Å². The summed E-state index contributed by atoms with van der Waals surface area (Å²) in [5, 5.41) is 2.85. The summed E-state index contributed by atoms with van der Waals surface area (Å²) >= 11 is 0.496. The molecule has 1 amide bonds. The fourth-order valence-corrected chi connectivity index (χ4v) is 3.77. The van der Waals surface area contributed by atoms with E-state index in [0.29, 0.717) is 28.9 Å². The van der Waals surface area contributed by atoms with Gasteiger partial charge < -0.3 is 9.88 Å². The molecule has 2 aromatic rings. The van der Waals surface area contributed by atoms with Crippen LogP contribution in [0.3, 0.4) is 0 Å². The number of thioether (sulfide) groups is 1. The molecule has 1 aliphatic rings. The normalized spacial score (nSPS) is 18.0. The van der Waals surface area contributed by atoms with Crippen LogP contribution in [0.25, 0.3) is 0 Å². The maximum absolute atomic E-state index is 12.3. The number of aromatic nitrogens is 1. The fraction of sp³-hybridized carbons (Fsp3) is 0.389. The van der Waals surface area contributed by atoms with Crippen LogP contribution in [0.2, 0.25) is 0 Å². The summed E-state index contributed by atoms with van der Waals surface area (Å²) in [6.45, 7) is 1.22. The van der Waals surface area contributed by atoms with Crippen LogP contribution < -0.4 is 5.32 Å². The lowest BCUT2D eigenvalue weighted by Crippen LogP contribution is -2.33. The second-order valence-corrected chi connectivity index (χ2v) is 7.19. The van der Waals surface area contributed by atoms with Crippen LogP contribution in [0, 0.1) is 0 Å². The van der Waals surface area contributed by atoms with Crippen molar-refractivity contribution in [2.24, 2.45) is 7.05 Å². The third-order valence-electron chi connectivity index (χ3n) is 4.40. The lowest BCUT2D eigenvalue weighted by Gasteiger charge is -2.24. The van der Waals surface area contributed by atoms with Crippen LogP contribution >= 0.6 is 11.8 Å². The quantitative estimate of drug-likeness (QED) is 0.783. The van der Waals surface area contributed by atoms with Crippen molar-refractivity contribution in [1.29, 1.82) is 0 Å². The number of carbonyl (C=O) groups is 1. The van der Waals surface area contributed by atoms with Gasteiger partial charge in [0.05, 0.1) is 12.6 Å². The third-order valence-corrected chi connectivity index (χ3v) is 5.12. The van der Waals surface area contributed by atoms with Gasteiger partial charge in [-0.1, -0.05) is 11.8 Å².